The van der Waals surface area contributed by atoms with Crippen molar-refractivity contribution in [2.45, 2.75) is 76.7 Å². The fourth-order valence-electron chi connectivity index (χ4n) is 5.27. The number of halogens is 1. The summed E-state index contributed by atoms with van der Waals surface area (Å²) in [5.41, 5.74) is 2.79. The number of alkyl halides is 1. The van der Waals surface area contributed by atoms with Crippen LogP contribution in [0.3, 0.4) is 0 Å². The predicted octanol–water partition coefficient (Wildman–Crippen LogP) is 7.22. The Labute approximate surface area is 165 Å². The molecule has 0 saturated heterocycles. The van der Waals surface area contributed by atoms with Gasteiger partial charge in [0.05, 0.1) is 13.3 Å². The van der Waals surface area contributed by atoms with Crippen molar-refractivity contribution in [1.29, 1.82) is 0 Å². The summed E-state index contributed by atoms with van der Waals surface area (Å²) in [7, 11) is 1.76. The zero-order valence-electron chi connectivity index (χ0n) is 17.0. The summed E-state index contributed by atoms with van der Waals surface area (Å²) >= 11 is 0. The lowest BCUT2D eigenvalue weighted by Crippen LogP contribution is -2.25. The second kappa shape index (κ2) is 11.0. The molecule has 0 aromatic heterocycles. The maximum Gasteiger partial charge on any atom is 0.0897 e. The SMILES string of the molecule is COCc1ccc(C2CCC(C3CCC(/C=C/CCCF)CC3)CC2)cc1. The lowest BCUT2D eigenvalue weighted by atomic mass is 9.68. The van der Waals surface area contributed by atoms with Crippen LogP contribution in [0.2, 0.25) is 0 Å². The number of allylic oxidation sites excluding steroid dienone is 2. The minimum Gasteiger partial charge on any atom is -0.380 e. The molecule has 2 heteroatoms. The first-order valence-electron chi connectivity index (χ1n) is 11.1. The Morgan fingerprint density at radius 3 is 2.15 bits per heavy atom. The monoisotopic (exact) mass is 372 g/mol. The van der Waals surface area contributed by atoms with Gasteiger partial charge in [0.1, 0.15) is 0 Å². The molecule has 0 spiro atoms. The Bertz CT molecular complexity index is 548. The van der Waals surface area contributed by atoms with Crippen LogP contribution in [-0.4, -0.2) is 13.8 Å². The van der Waals surface area contributed by atoms with E-state index in [2.05, 4.69) is 36.4 Å². The standard InChI is InChI=1S/C25H37FO/c1-27-19-21-8-12-23(13-9-21)25-16-14-24(15-17-25)22-10-6-20(7-11-22)5-3-2-4-18-26/h3,5,8-9,12-13,20,22,24-25H,2,4,6-7,10-11,14-19H2,1H3/b5-3+. The molecule has 0 radical (unpaired) electrons. The molecule has 1 aromatic carbocycles. The highest BCUT2D eigenvalue weighted by atomic mass is 19.1. The molecule has 1 aromatic rings. The van der Waals surface area contributed by atoms with Gasteiger partial charge in [0, 0.05) is 7.11 Å². The van der Waals surface area contributed by atoms with Crippen molar-refractivity contribution in [3.8, 4) is 0 Å². The molecular weight excluding hydrogens is 335 g/mol. The van der Waals surface area contributed by atoms with Gasteiger partial charge in [0.15, 0.2) is 0 Å². The fourth-order valence-corrected chi connectivity index (χ4v) is 5.27. The summed E-state index contributed by atoms with van der Waals surface area (Å²) in [4.78, 5) is 0. The summed E-state index contributed by atoms with van der Waals surface area (Å²) in [6.07, 6.45) is 17.2. The molecule has 3 rings (SSSR count). The predicted molar refractivity (Wildman–Crippen MR) is 112 cm³/mol. The number of benzene rings is 1. The van der Waals surface area contributed by atoms with E-state index in [-0.39, 0.29) is 6.67 Å². The first-order chi connectivity index (χ1) is 13.3. The first-order valence-corrected chi connectivity index (χ1v) is 11.1. The Morgan fingerprint density at radius 1 is 0.926 bits per heavy atom. The maximum absolute atomic E-state index is 12.2. The van der Waals surface area contributed by atoms with Gasteiger partial charge in [-0.1, -0.05) is 36.4 Å². The van der Waals surface area contributed by atoms with Crippen LogP contribution in [-0.2, 0) is 11.3 Å². The summed E-state index contributed by atoms with van der Waals surface area (Å²) < 4.78 is 17.4. The molecule has 0 N–H and O–H groups in total. The van der Waals surface area contributed by atoms with E-state index >= 15 is 0 Å². The Kier molecular flexibility index (Phi) is 8.38. The van der Waals surface area contributed by atoms with Crippen LogP contribution >= 0.6 is 0 Å². The zero-order valence-corrected chi connectivity index (χ0v) is 17.0. The minimum atomic E-state index is -0.183. The van der Waals surface area contributed by atoms with Crippen molar-refractivity contribution in [2.24, 2.45) is 17.8 Å². The molecule has 0 heterocycles. The van der Waals surface area contributed by atoms with Gasteiger partial charge < -0.3 is 4.74 Å². The largest absolute Gasteiger partial charge is 0.380 e. The number of hydrogen-bond acceptors (Lipinski definition) is 1. The number of ether oxygens (including phenoxy) is 1. The third-order valence-corrected chi connectivity index (χ3v) is 6.93. The van der Waals surface area contributed by atoms with Crippen LogP contribution in [0.4, 0.5) is 4.39 Å². The van der Waals surface area contributed by atoms with Crippen molar-refractivity contribution in [3.63, 3.8) is 0 Å². The topological polar surface area (TPSA) is 9.23 Å². The number of methoxy groups -OCH3 is 1. The van der Waals surface area contributed by atoms with E-state index in [0.29, 0.717) is 13.0 Å². The van der Waals surface area contributed by atoms with E-state index < -0.39 is 0 Å². The van der Waals surface area contributed by atoms with Gasteiger partial charge in [-0.2, -0.15) is 0 Å². The molecule has 27 heavy (non-hydrogen) atoms. The summed E-state index contributed by atoms with van der Waals surface area (Å²) in [5, 5.41) is 0. The van der Waals surface area contributed by atoms with Crippen molar-refractivity contribution in [2.75, 3.05) is 13.8 Å². The van der Waals surface area contributed by atoms with Gasteiger partial charge in [-0.15, -0.1) is 0 Å². The molecule has 1 nitrogen and oxygen atoms in total. The molecule has 0 atom stereocenters. The van der Waals surface area contributed by atoms with Gasteiger partial charge in [0.2, 0.25) is 0 Å². The normalized spacial score (nSPS) is 29.3. The molecule has 0 unspecified atom stereocenters. The lowest BCUT2D eigenvalue weighted by Gasteiger charge is -2.37. The average molecular weight is 373 g/mol. The van der Waals surface area contributed by atoms with Crippen LogP contribution in [0, 0.1) is 17.8 Å². The van der Waals surface area contributed by atoms with E-state index in [1.807, 2.05) is 0 Å². The molecule has 2 aliphatic carbocycles. The fraction of sp³-hybridized carbons (Fsp3) is 0.680. The summed E-state index contributed by atoms with van der Waals surface area (Å²) in [6.45, 7) is 0.526. The Balaban J connectivity index is 1.40. The Hall–Kier alpha value is -1.15. The summed E-state index contributed by atoms with van der Waals surface area (Å²) in [5.74, 6) is 3.41. The first kappa shape index (κ1) is 20.6. The lowest BCUT2D eigenvalue weighted by molar-refractivity contribution is 0.171. The smallest absolute Gasteiger partial charge is 0.0897 e. The van der Waals surface area contributed by atoms with Gasteiger partial charge >= 0.3 is 0 Å². The third-order valence-electron chi connectivity index (χ3n) is 6.93. The van der Waals surface area contributed by atoms with Crippen molar-refractivity contribution in [1.82, 2.24) is 0 Å². The number of unbranched alkanes of at least 4 members (excludes halogenated alkanes) is 1. The quantitative estimate of drug-likeness (QED) is 0.346. The van der Waals surface area contributed by atoms with Gasteiger partial charge in [-0.3, -0.25) is 4.39 Å². The van der Waals surface area contributed by atoms with E-state index in [1.54, 1.807) is 7.11 Å². The number of hydrogen-bond donors (Lipinski definition) is 0. The highest BCUT2D eigenvalue weighted by Gasteiger charge is 2.30. The molecule has 2 fully saturated rings. The van der Waals surface area contributed by atoms with Crippen molar-refractivity contribution >= 4 is 0 Å². The van der Waals surface area contributed by atoms with Crippen LogP contribution in [0.25, 0.3) is 0 Å². The zero-order chi connectivity index (χ0) is 18.9. The van der Waals surface area contributed by atoms with E-state index in [1.165, 1.54) is 62.5 Å². The molecule has 150 valence electrons. The summed E-state index contributed by atoms with van der Waals surface area (Å²) in [6, 6.07) is 9.10. The minimum absolute atomic E-state index is 0.183. The maximum atomic E-state index is 12.2. The molecular formula is C25H37FO. The van der Waals surface area contributed by atoms with Crippen LogP contribution < -0.4 is 0 Å². The van der Waals surface area contributed by atoms with E-state index in [9.17, 15) is 4.39 Å². The van der Waals surface area contributed by atoms with Gasteiger partial charge in [-0.05, 0) is 99.0 Å². The Morgan fingerprint density at radius 2 is 1.56 bits per heavy atom. The van der Waals surface area contributed by atoms with Gasteiger partial charge in [0.25, 0.3) is 0 Å². The molecule has 0 bridgehead atoms. The van der Waals surface area contributed by atoms with Gasteiger partial charge in [-0.25, -0.2) is 0 Å². The molecule has 0 aliphatic heterocycles. The number of rotatable bonds is 8. The van der Waals surface area contributed by atoms with Crippen molar-refractivity contribution in [3.05, 3.63) is 47.5 Å². The van der Waals surface area contributed by atoms with Crippen LogP contribution in [0.5, 0.6) is 0 Å². The second-order valence-electron chi connectivity index (χ2n) is 8.72. The van der Waals surface area contributed by atoms with Crippen LogP contribution in [0.15, 0.2) is 36.4 Å². The third kappa shape index (κ3) is 6.17. The van der Waals surface area contributed by atoms with E-state index in [4.69, 9.17) is 4.74 Å². The molecule has 2 saturated carbocycles. The highest BCUT2D eigenvalue weighted by molar-refractivity contribution is 5.25. The average Bonchev–Trinajstić information content (AvgIpc) is 2.73. The molecule has 0 amide bonds. The highest BCUT2D eigenvalue weighted by Crippen LogP contribution is 2.44. The molecule has 2 aliphatic rings. The van der Waals surface area contributed by atoms with Crippen molar-refractivity contribution < 1.29 is 9.13 Å². The van der Waals surface area contributed by atoms with Crippen LogP contribution in [0.1, 0.15) is 81.3 Å². The second-order valence-corrected chi connectivity index (χ2v) is 8.72. The van der Waals surface area contributed by atoms with E-state index in [0.717, 1.165) is 30.1 Å².